The number of fused-ring (bicyclic) bond motifs is 1. The monoisotopic (exact) mass is 474 g/mol. The second kappa shape index (κ2) is 9.36. The van der Waals surface area contributed by atoms with Crippen LogP contribution in [-0.2, 0) is 4.74 Å². The molecule has 2 fully saturated rings. The lowest BCUT2D eigenvalue weighted by atomic mass is 10.1. The van der Waals surface area contributed by atoms with Crippen LogP contribution in [0.2, 0.25) is 0 Å². The topological polar surface area (TPSA) is 99.0 Å². The molecule has 0 spiro atoms. The van der Waals surface area contributed by atoms with Crippen molar-refractivity contribution in [3.63, 3.8) is 0 Å². The molecule has 3 aromatic rings. The number of carbonyl (C=O) groups is 1. The predicted molar refractivity (Wildman–Crippen MR) is 124 cm³/mol. The van der Waals surface area contributed by atoms with Crippen molar-refractivity contribution in [1.29, 1.82) is 0 Å². The van der Waals surface area contributed by atoms with E-state index in [0.29, 0.717) is 67.3 Å². The molecule has 2 aliphatic rings. The van der Waals surface area contributed by atoms with E-state index in [2.05, 4.69) is 9.97 Å². The van der Waals surface area contributed by atoms with Crippen LogP contribution in [0.3, 0.4) is 0 Å². The predicted octanol–water partition coefficient (Wildman–Crippen LogP) is 3.91. The first-order chi connectivity index (χ1) is 15.5. The summed E-state index contributed by atoms with van der Waals surface area (Å²) in [6.45, 7) is 1.98. The van der Waals surface area contributed by atoms with Gasteiger partial charge in [-0.3, -0.25) is 4.90 Å². The van der Waals surface area contributed by atoms with E-state index in [1.165, 1.54) is 17.0 Å². The Morgan fingerprint density at radius 3 is 2.70 bits per heavy atom. The van der Waals surface area contributed by atoms with Crippen molar-refractivity contribution in [1.82, 2.24) is 14.9 Å². The zero-order valence-corrected chi connectivity index (χ0v) is 18.5. The maximum atomic E-state index is 14.1. The molecule has 0 saturated carbocycles. The highest BCUT2D eigenvalue weighted by Crippen LogP contribution is 2.34. The first-order valence-electron chi connectivity index (χ1n) is 10.6. The molecule has 0 bridgehead atoms. The van der Waals surface area contributed by atoms with Gasteiger partial charge in [-0.05, 0) is 43.2 Å². The zero-order chi connectivity index (χ0) is 22.2. The second-order valence-corrected chi connectivity index (χ2v) is 8.15. The normalized spacial score (nSPS) is 20.1. The molecular weight excluding hydrogens is 451 g/mol. The summed E-state index contributed by atoms with van der Waals surface area (Å²) >= 11 is 0. The molecule has 33 heavy (non-hydrogen) atoms. The first kappa shape index (κ1) is 23.0. The Balaban J connectivity index is 0.00000259. The summed E-state index contributed by atoms with van der Waals surface area (Å²) in [6, 6.07) is 10.7. The number of hydrogen-bond acceptors (Lipinski definition) is 6. The fourth-order valence-electron chi connectivity index (χ4n) is 4.62. The van der Waals surface area contributed by atoms with E-state index >= 15 is 0 Å². The Labute approximate surface area is 196 Å². The average Bonchev–Trinajstić information content (AvgIpc) is 3.46. The Bertz CT molecular complexity index is 1170. The maximum absolute atomic E-state index is 14.1. The Kier molecular flexibility index (Phi) is 6.53. The highest BCUT2D eigenvalue weighted by Gasteiger charge is 2.37. The molecule has 2 saturated heterocycles. The van der Waals surface area contributed by atoms with Crippen molar-refractivity contribution in [2.75, 3.05) is 31.2 Å². The van der Waals surface area contributed by atoms with Gasteiger partial charge in [0.05, 0.1) is 29.8 Å². The van der Waals surface area contributed by atoms with Crippen molar-refractivity contribution in [2.24, 2.45) is 0 Å². The molecular formula is C23H24ClFN4O4. The van der Waals surface area contributed by atoms with Crippen molar-refractivity contribution >= 4 is 35.2 Å². The number of benzene rings is 2. The number of phenolic OH excluding ortho intramolecular Hbond substituents is 1. The van der Waals surface area contributed by atoms with Crippen LogP contribution in [0.25, 0.3) is 22.3 Å². The summed E-state index contributed by atoms with van der Waals surface area (Å²) in [6.07, 6.45) is 0.359. The van der Waals surface area contributed by atoms with Gasteiger partial charge in [0.1, 0.15) is 17.4 Å². The highest BCUT2D eigenvalue weighted by molar-refractivity contribution is 5.91. The van der Waals surface area contributed by atoms with Gasteiger partial charge >= 0.3 is 6.09 Å². The van der Waals surface area contributed by atoms with Crippen LogP contribution in [-0.4, -0.2) is 69.6 Å². The lowest BCUT2D eigenvalue weighted by molar-refractivity contribution is 0.0928. The smallest absolute Gasteiger partial charge is 0.407 e. The van der Waals surface area contributed by atoms with Crippen molar-refractivity contribution in [2.45, 2.75) is 24.9 Å². The molecule has 1 aromatic heterocycles. The third kappa shape index (κ3) is 4.38. The molecule has 1 amide bonds. The van der Waals surface area contributed by atoms with Crippen molar-refractivity contribution < 1.29 is 24.1 Å². The van der Waals surface area contributed by atoms with E-state index in [1.807, 2.05) is 4.90 Å². The van der Waals surface area contributed by atoms with Gasteiger partial charge < -0.3 is 19.8 Å². The summed E-state index contributed by atoms with van der Waals surface area (Å²) in [5.41, 5.74) is 1.03. The Morgan fingerprint density at radius 1 is 1.15 bits per heavy atom. The molecule has 2 aliphatic heterocycles. The molecule has 8 nitrogen and oxygen atoms in total. The van der Waals surface area contributed by atoms with Gasteiger partial charge in [-0.2, -0.15) is 0 Å². The van der Waals surface area contributed by atoms with Crippen molar-refractivity contribution in [3.05, 3.63) is 48.3 Å². The molecule has 0 radical (unpaired) electrons. The number of ether oxygens (including phenoxy) is 1. The quantitative estimate of drug-likeness (QED) is 0.591. The number of para-hydroxylation sites is 1. The molecule has 3 heterocycles. The van der Waals surface area contributed by atoms with Crippen molar-refractivity contribution in [3.8, 4) is 17.1 Å². The molecule has 2 N–H and O–H groups in total. The van der Waals surface area contributed by atoms with Gasteiger partial charge in [-0.15, -0.1) is 12.4 Å². The molecule has 174 valence electrons. The van der Waals surface area contributed by atoms with Crippen LogP contribution >= 0.6 is 12.4 Å². The minimum Gasteiger partial charge on any atom is -0.507 e. The maximum Gasteiger partial charge on any atom is 0.407 e. The van der Waals surface area contributed by atoms with Gasteiger partial charge in [0.2, 0.25) is 0 Å². The third-order valence-corrected chi connectivity index (χ3v) is 6.16. The third-order valence-electron chi connectivity index (χ3n) is 6.16. The Morgan fingerprint density at radius 2 is 1.97 bits per heavy atom. The summed E-state index contributed by atoms with van der Waals surface area (Å²) in [5, 5.41) is 20.7. The number of phenols is 1. The van der Waals surface area contributed by atoms with Crippen LogP contribution in [0.4, 0.5) is 15.0 Å². The summed E-state index contributed by atoms with van der Waals surface area (Å²) in [7, 11) is 0. The van der Waals surface area contributed by atoms with E-state index in [0.717, 1.165) is 0 Å². The fourth-order valence-corrected chi connectivity index (χ4v) is 4.62. The molecule has 0 unspecified atom stereocenters. The summed E-state index contributed by atoms with van der Waals surface area (Å²) < 4.78 is 19.5. The van der Waals surface area contributed by atoms with E-state index < -0.39 is 11.9 Å². The molecule has 5 rings (SSSR count). The van der Waals surface area contributed by atoms with Crippen LogP contribution < -0.4 is 4.90 Å². The number of nitrogens with zero attached hydrogens (tertiary/aromatic N) is 4. The average molecular weight is 475 g/mol. The van der Waals surface area contributed by atoms with Crippen LogP contribution in [0, 0.1) is 5.82 Å². The minimum atomic E-state index is -0.958. The standard InChI is InChI=1S/C23H23FN4O4.ClH/c24-14-5-6-19-18(11-14)22(26-21(25-19)17-3-1-2-4-20(17)29)27-9-7-15(12-27)28(23(30)31)16-8-10-32-13-16;/h1-6,11,15-16,29H,7-10,12-13H2,(H,30,31);1H/t15-,16+;/m1./s1. The summed E-state index contributed by atoms with van der Waals surface area (Å²) in [4.78, 5) is 24.7. The highest BCUT2D eigenvalue weighted by atomic mass is 35.5. The van der Waals surface area contributed by atoms with Gasteiger partial charge in [-0.25, -0.2) is 19.2 Å². The molecule has 0 aliphatic carbocycles. The minimum absolute atomic E-state index is 0. The SMILES string of the molecule is Cl.O=C(O)N([C@@H]1CCN(c2nc(-c3ccccc3O)nc3ccc(F)cc23)C1)[C@H]1CCOC1. The van der Waals surface area contributed by atoms with Crippen LogP contribution in [0.1, 0.15) is 12.8 Å². The largest absolute Gasteiger partial charge is 0.507 e. The number of anilines is 1. The van der Waals surface area contributed by atoms with E-state index in [9.17, 15) is 19.4 Å². The number of aromatic hydroxyl groups is 1. The van der Waals surface area contributed by atoms with E-state index in [1.54, 1.807) is 30.3 Å². The van der Waals surface area contributed by atoms with Crippen LogP contribution in [0.15, 0.2) is 42.5 Å². The van der Waals surface area contributed by atoms with Gasteiger partial charge in [-0.1, -0.05) is 12.1 Å². The summed E-state index contributed by atoms with van der Waals surface area (Å²) in [5.74, 6) is 0.518. The lowest BCUT2D eigenvalue weighted by Crippen LogP contribution is -2.48. The Hall–Kier alpha value is -3.17. The number of aromatic nitrogens is 2. The number of hydrogen-bond donors (Lipinski definition) is 2. The lowest BCUT2D eigenvalue weighted by Gasteiger charge is -2.31. The number of rotatable bonds is 4. The van der Waals surface area contributed by atoms with E-state index in [-0.39, 0.29) is 30.2 Å². The fraction of sp³-hybridized carbons (Fsp3) is 0.348. The van der Waals surface area contributed by atoms with E-state index in [4.69, 9.17) is 4.74 Å². The second-order valence-electron chi connectivity index (χ2n) is 8.15. The zero-order valence-electron chi connectivity index (χ0n) is 17.7. The first-order valence-corrected chi connectivity index (χ1v) is 10.6. The van der Waals surface area contributed by atoms with Gasteiger partial charge in [0.15, 0.2) is 5.82 Å². The van der Waals surface area contributed by atoms with Crippen LogP contribution in [0.5, 0.6) is 5.75 Å². The molecule has 2 atom stereocenters. The molecule has 2 aromatic carbocycles. The van der Waals surface area contributed by atoms with Gasteiger partial charge in [0.25, 0.3) is 0 Å². The number of halogens is 2. The molecule has 10 heteroatoms. The number of amides is 1. The number of carboxylic acid groups (broad SMARTS) is 1. The van der Waals surface area contributed by atoms with Gasteiger partial charge in [0, 0.05) is 25.1 Å².